The average Bonchev–Trinajstić information content (AvgIpc) is 3.06. The number of rotatable bonds is 8. The van der Waals surface area contributed by atoms with Crippen LogP contribution in [0.5, 0.6) is 11.5 Å². The number of ether oxygens (including phenoxy) is 3. The fourth-order valence-electron chi connectivity index (χ4n) is 4.77. The molecule has 0 amide bonds. The monoisotopic (exact) mass is 444 g/mol. The molecule has 2 aliphatic heterocycles. The van der Waals surface area contributed by atoms with Crippen molar-refractivity contribution in [1.82, 2.24) is 14.9 Å². The molecule has 1 aromatic heterocycles. The zero-order valence-electron chi connectivity index (χ0n) is 18.8. The Morgan fingerprint density at radius 2 is 2.00 bits per heavy atom. The maximum atomic E-state index is 6.17. The Hall–Kier alpha value is -3.34. The predicted molar refractivity (Wildman–Crippen MR) is 128 cm³/mol. The lowest BCUT2D eigenvalue weighted by Gasteiger charge is -2.34. The molecule has 0 spiro atoms. The van der Waals surface area contributed by atoms with Gasteiger partial charge in [0.15, 0.2) is 11.5 Å². The summed E-state index contributed by atoms with van der Waals surface area (Å²) in [5.41, 5.74) is 2.44. The SMILES string of the molecule is C#Cc1cccc(Nc2ncnc3cc(OC)c(OCCCN4C5CCC4COC5)cc23)c1. The molecule has 2 unspecified atom stereocenters. The van der Waals surface area contributed by atoms with Gasteiger partial charge in [-0.3, -0.25) is 4.90 Å². The van der Waals surface area contributed by atoms with Crippen molar-refractivity contribution in [3.8, 4) is 23.8 Å². The quantitative estimate of drug-likeness (QED) is 0.416. The first-order valence-electron chi connectivity index (χ1n) is 11.4. The topological polar surface area (TPSA) is 68.7 Å². The van der Waals surface area contributed by atoms with E-state index in [2.05, 4.69) is 26.1 Å². The van der Waals surface area contributed by atoms with Crippen molar-refractivity contribution in [3.05, 3.63) is 48.3 Å². The third-order valence-corrected chi connectivity index (χ3v) is 6.42. The number of nitrogens with zero attached hydrogens (tertiary/aromatic N) is 3. The van der Waals surface area contributed by atoms with Crippen molar-refractivity contribution in [1.29, 1.82) is 0 Å². The maximum Gasteiger partial charge on any atom is 0.162 e. The zero-order chi connectivity index (χ0) is 22.6. The molecular weight excluding hydrogens is 416 g/mol. The highest BCUT2D eigenvalue weighted by Crippen LogP contribution is 2.35. The maximum absolute atomic E-state index is 6.17. The van der Waals surface area contributed by atoms with Gasteiger partial charge >= 0.3 is 0 Å². The van der Waals surface area contributed by atoms with E-state index in [1.807, 2.05) is 36.4 Å². The van der Waals surface area contributed by atoms with Gasteiger partial charge in [0.1, 0.15) is 12.1 Å². The van der Waals surface area contributed by atoms with E-state index < -0.39 is 0 Å². The van der Waals surface area contributed by atoms with Crippen LogP contribution >= 0.6 is 0 Å². The molecule has 33 heavy (non-hydrogen) atoms. The van der Waals surface area contributed by atoms with Crippen LogP contribution in [0.15, 0.2) is 42.7 Å². The average molecular weight is 445 g/mol. The summed E-state index contributed by atoms with van der Waals surface area (Å²) in [6.07, 6.45) is 10.5. The van der Waals surface area contributed by atoms with Gasteiger partial charge in [-0.25, -0.2) is 9.97 Å². The molecule has 170 valence electrons. The Balaban J connectivity index is 1.31. The Morgan fingerprint density at radius 3 is 2.79 bits per heavy atom. The number of aromatic nitrogens is 2. The molecule has 2 atom stereocenters. The second kappa shape index (κ2) is 9.65. The van der Waals surface area contributed by atoms with Crippen LogP contribution < -0.4 is 14.8 Å². The van der Waals surface area contributed by atoms with Gasteiger partial charge in [0.05, 0.1) is 32.4 Å². The molecule has 0 saturated carbocycles. The number of methoxy groups -OCH3 is 1. The normalized spacial score (nSPS) is 19.9. The molecule has 7 heteroatoms. The molecule has 2 fully saturated rings. The van der Waals surface area contributed by atoms with Crippen molar-refractivity contribution in [2.45, 2.75) is 31.3 Å². The van der Waals surface area contributed by atoms with Crippen LogP contribution in [-0.4, -0.2) is 60.4 Å². The number of hydrogen-bond acceptors (Lipinski definition) is 7. The van der Waals surface area contributed by atoms with Crippen molar-refractivity contribution in [3.63, 3.8) is 0 Å². The summed E-state index contributed by atoms with van der Waals surface area (Å²) in [5, 5.41) is 4.20. The van der Waals surface area contributed by atoms with Crippen LogP contribution in [0.3, 0.4) is 0 Å². The molecule has 2 saturated heterocycles. The Bertz CT molecular complexity index is 1160. The van der Waals surface area contributed by atoms with Crippen molar-refractivity contribution >= 4 is 22.4 Å². The van der Waals surface area contributed by atoms with Gasteiger partial charge in [-0.1, -0.05) is 12.0 Å². The van der Waals surface area contributed by atoms with Crippen molar-refractivity contribution in [2.75, 3.05) is 38.8 Å². The predicted octanol–water partition coefficient (Wildman–Crippen LogP) is 4.00. The summed E-state index contributed by atoms with van der Waals surface area (Å²) in [4.78, 5) is 11.4. The standard InChI is InChI=1S/C26H28N4O3/c1-3-18-6-4-7-19(12-18)29-26-22-13-25(24(31-2)14-23(22)27-17-28-26)33-11-5-10-30-20-8-9-21(30)16-32-15-20/h1,4,6-7,12-14,17,20-21H,5,8-11,15-16H2,2H3,(H,27,28,29). The summed E-state index contributed by atoms with van der Waals surface area (Å²) < 4.78 is 17.4. The van der Waals surface area contributed by atoms with Crippen molar-refractivity contribution < 1.29 is 14.2 Å². The molecule has 1 N–H and O–H groups in total. The van der Waals surface area contributed by atoms with Gasteiger partial charge in [0.2, 0.25) is 0 Å². The number of terminal acetylenes is 1. The van der Waals surface area contributed by atoms with E-state index in [1.54, 1.807) is 7.11 Å². The van der Waals surface area contributed by atoms with E-state index in [9.17, 15) is 0 Å². The molecule has 7 nitrogen and oxygen atoms in total. The van der Waals surface area contributed by atoms with E-state index in [4.69, 9.17) is 20.6 Å². The van der Waals surface area contributed by atoms with Gasteiger partial charge < -0.3 is 19.5 Å². The third kappa shape index (κ3) is 4.58. The number of benzene rings is 2. The minimum atomic E-state index is 0.567. The lowest BCUT2D eigenvalue weighted by Crippen LogP contribution is -2.46. The highest BCUT2D eigenvalue weighted by molar-refractivity contribution is 5.93. The van der Waals surface area contributed by atoms with Crippen LogP contribution in [0, 0.1) is 12.3 Å². The number of nitrogens with one attached hydrogen (secondary N) is 1. The van der Waals surface area contributed by atoms with Crippen LogP contribution in [0.4, 0.5) is 11.5 Å². The molecule has 3 aromatic rings. The molecule has 5 rings (SSSR count). The highest BCUT2D eigenvalue weighted by Gasteiger charge is 2.36. The van der Waals surface area contributed by atoms with E-state index in [0.29, 0.717) is 36.0 Å². The summed E-state index contributed by atoms with van der Waals surface area (Å²) in [5.74, 6) is 4.69. The molecule has 3 heterocycles. The van der Waals surface area contributed by atoms with Gasteiger partial charge in [0.25, 0.3) is 0 Å². The zero-order valence-corrected chi connectivity index (χ0v) is 18.8. The molecule has 0 radical (unpaired) electrons. The van der Waals surface area contributed by atoms with Crippen LogP contribution in [0.1, 0.15) is 24.8 Å². The van der Waals surface area contributed by atoms with Gasteiger partial charge in [-0.05, 0) is 43.5 Å². The second-order valence-electron chi connectivity index (χ2n) is 8.45. The summed E-state index contributed by atoms with van der Waals surface area (Å²) in [6.45, 7) is 3.35. The van der Waals surface area contributed by atoms with Crippen LogP contribution in [0.25, 0.3) is 10.9 Å². The number of hydrogen-bond donors (Lipinski definition) is 1. The smallest absolute Gasteiger partial charge is 0.162 e. The van der Waals surface area contributed by atoms with E-state index in [1.165, 1.54) is 19.2 Å². The van der Waals surface area contributed by atoms with E-state index in [-0.39, 0.29) is 0 Å². The van der Waals surface area contributed by atoms with Crippen LogP contribution in [-0.2, 0) is 4.74 Å². The third-order valence-electron chi connectivity index (χ3n) is 6.42. The summed E-state index contributed by atoms with van der Waals surface area (Å²) >= 11 is 0. The minimum Gasteiger partial charge on any atom is -0.493 e. The number of anilines is 2. The number of fused-ring (bicyclic) bond motifs is 3. The summed E-state index contributed by atoms with van der Waals surface area (Å²) in [6, 6.07) is 12.6. The lowest BCUT2D eigenvalue weighted by atomic mass is 10.2. The lowest BCUT2D eigenvalue weighted by molar-refractivity contribution is -0.0160. The highest BCUT2D eigenvalue weighted by atomic mass is 16.5. The van der Waals surface area contributed by atoms with Crippen LogP contribution in [0.2, 0.25) is 0 Å². The minimum absolute atomic E-state index is 0.567. The summed E-state index contributed by atoms with van der Waals surface area (Å²) in [7, 11) is 1.64. The Morgan fingerprint density at radius 1 is 1.15 bits per heavy atom. The molecule has 2 bridgehead atoms. The Labute approximate surface area is 194 Å². The largest absolute Gasteiger partial charge is 0.493 e. The molecule has 0 aliphatic carbocycles. The van der Waals surface area contributed by atoms with Crippen molar-refractivity contribution in [2.24, 2.45) is 0 Å². The van der Waals surface area contributed by atoms with E-state index >= 15 is 0 Å². The second-order valence-corrected chi connectivity index (χ2v) is 8.45. The molecule has 2 aliphatic rings. The first-order valence-corrected chi connectivity index (χ1v) is 11.4. The van der Waals surface area contributed by atoms with E-state index in [0.717, 1.165) is 48.3 Å². The van der Waals surface area contributed by atoms with Gasteiger partial charge in [-0.2, -0.15) is 0 Å². The first kappa shape index (κ1) is 21.5. The molecule has 2 aromatic carbocycles. The fourth-order valence-corrected chi connectivity index (χ4v) is 4.77. The number of morpholine rings is 1. The Kier molecular flexibility index (Phi) is 6.29. The van der Waals surface area contributed by atoms with Gasteiger partial charge in [0, 0.05) is 41.3 Å². The fraction of sp³-hybridized carbons (Fsp3) is 0.385. The molecular formula is C26H28N4O3. The first-order chi connectivity index (χ1) is 16.2. The van der Waals surface area contributed by atoms with Gasteiger partial charge in [-0.15, -0.1) is 6.42 Å².